The van der Waals surface area contributed by atoms with E-state index in [9.17, 15) is 14.7 Å². The van der Waals surface area contributed by atoms with E-state index in [1.807, 2.05) is 67.6 Å². The fourth-order valence-corrected chi connectivity index (χ4v) is 10.2. The van der Waals surface area contributed by atoms with Crippen molar-refractivity contribution in [3.05, 3.63) is 115 Å². The van der Waals surface area contributed by atoms with Crippen LogP contribution in [0.1, 0.15) is 31.4 Å². The Balaban J connectivity index is 1.45. The highest BCUT2D eigenvalue weighted by Crippen LogP contribution is 2.67. The molecule has 0 aromatic heterocycles. The summed E-state index contributed by atoms with van der Waals surface area (Å²) in [6.07, 6.45) is 4.56. The van der Waals surface area contributed by atoms with Gasteiger partial charge in [0.15, 0.2) is 0 Å². The largest absolute Gasteiger partial charge is 0.494 e. The molecule has 250 valence electrons. The van der Waals surface area contributed by atoms with E-state index in [1.165, 1.54) is 0 Å². The van der Waals surface area contributed by atoms with Crippen molar-refractivity contribution in [1.82, 2.24) is 4.90 Å². The van der Waals surface area contributed by atoms with Gasteiger partial charge in [0.2, 0.25) is 11.8 Å². The summed E-state index contributed by atoms with van der Waals surface area (Å²) in [6, 6.07) is 21.9. The molecule has 3 aliphatic heterocycles. The lowest BCUT2D eigenvalue weighted by molar-refractivity contribution is -0.142. The van der Waals surface area contributed by atoms with Gasteiger partial charge in [-0.2, -0.15) is 0 Å². The third kappa shape index (κ3) is 5.71. The number of carbonyl (C=O) groups excluding carboxylic acids is 3. The average molecular weight is 686 g/mol. The van der Waals surface area contributed by atoms with Gasteiger partial charge in [-0.25, -0.2) is 0 Å². The first-order valence-electron chi connectivity index (χ1n) is 16.3. The van der Waals surface area contributed by atoms with E-state index in [0.29, 0.717) is 47.2 Å². The van der Waals surface area contributed by atoms with E-state index < -0.39 is 35.3 Å². The number of thioether (sulfide) groups is 1. The lowest BCUT2D eigenvalue weighted by Crippen LogP contribution is -2.56. The number of rotatable bonds is 13. The number of halogens is 1. The number of hydrogen-bond donors (Lipinski definition) is 1. The molecule has 1 N–H and O–H groups in total. The smallest absolute Gasteiger partial charge is 0.251 e. The van der Waals surface area contributed by atoms with Crippen molar-refractivity contribution in [1.29, 1.82) is 0 Å². The van der Waals surface area contributed by atoms with E-state index >= 15 is 4.79 Å². The first-order chi connectivity index (χ1) is 23.3. The molecule has 10 heteroatoms. The Hall–Kier alpha value is -4.05. The molecular formula is C38H40ClN3O5S. The van der Waals surface area contributed by atoms with E-state index in [2.05, 4.69) is 13.2 Å². The van der Waals surface area contributed by atoms with Crippen LogP contribution in [-0.4, -0.2) is 70.1 Å². The topological polar surface area (TPSA) is 90.4 Å². The second-order valence-corrected chi connectivity index (χ2v) is 14.3. The van der Waals surface area contributed by atoms with Crippen LogP contribution in [-0.2, 0) is 14.4 Å². The SMILES string of the molecule is C=CCN(C(=O)[C@@H]1[C@@H]2CCC3(S2)C(C(=O)N(CC=C)c2ccccc2Cl)N([C@H](CO)c2ccccc2)C(=O)[C@H]13)c1ccc(OCC)cc1. The van der Waals surface area contributed by atoms with Crippen molar-refractivity contribution in [2.75, 3.05) is 36.1 Å². The number of likely N-dealkylation sites (tertiary alicyclic amines) is 1. The lowest BCUT2D eigenvalue weighted by Gasteiger charge is -2.40. The number of anilines is 2. The van der Waals surface area contributed by atoms with Gasteiger partial charge in [0.05, 0.1) is 46.5 Å². The Morgan fingerprint density at radius 3 is 2.33 bits per heavy atom. The monoisotopic (exact) mass is 685 g/mol. The van der Waals surface area contributed by atoms with Crippen LogP contribution >= 0.6 is 23.4 Å². The minimum absolute atomic E-state index is 0.156. The standard InChI is InChI=1S/C38H40ClN3O5S/c1-4-22-40(26-16-18-27(19-17-26)47-6-3)35(44)32-31-20-21-38(48-31)33(32)36(45)42(30(24-43)25-12-8-7-9-13-25)34(38)37(46)41(23-5-2)29-15-11-10-14-28(29)39/h4-5,7-19,30-34,43H,1-2,6,20-24H2,3H3/t30-,31+,32-,33+,34?,38?/m1/s1. The second kappa shape index (κ2) is 14.2. The van der Waals surface area contributed by atoms with Crippen LogP contribution in [0.25, 0.3) is 0 Å². The van der Waals surface area contributed by atoms with Crippen LogP contribution in [0.3, 0.4) is 0 Å². The van der Waals surface area contributed by atoms with E-state index in [4.69, 9.17) is 16.3 Å². The van der Waals surface area contributed by atoms with Crippen molar-refractivity contribution < 1.29 is 24.2 Å². The predicted octanol–water partition coefficient (Wildman–Crippen LogP) is 6.30. The number of hydrogen-bond acceptors (Lipinski definition) is 6. The molecule has 3 aromatic carbocycles. The van der Waals surface area contributed by atoms with Crippen molar-refractivity contribution in [3.63, 3.8) is 0 Å². The van der Waals surface area contributed by atoms with Crippen molar-refractivity contribution in [3.8, 4) is 5.75 Å². The van der Waals surface area contributed by atoms with Gasteiger partial charge >= 0.3 is 0 Å². The highest BCUT2D eigenvalue weighted by molar-refractivity contribution is 8.02. The van der Waals surface area contributed by atoms with Gasteiger partial charge < -0.3 is 24.5 Å². The first kappa shape index (κ1) is 33.8. The summed E-state index contributed by atoms with van der Waals surface area (Å²) in [5.41, 5.74) is 1.89. The number of para-hydroxylation sites is 1. The fraction of sp³-hybridized carbons (Fsp3) is 0.342. The molecule has 3 fully saturated rings. The molecule has 6 atom stereocenters. The number of nitrogens with zero attached hydrogens (tertiary/aromatic N) is 3. The number of aliphatic hydroxyl groups excluding tert-OH is 1. The summed E-state index contributed by atoms with van der Waals surface area (Å²) in [4.78, 5) is 49.5. The number of ether oxygens (including phenoxy) is 1. The van der Waals surface area contributed by atoms with Crippen molar-refractivity contribution >= 4 is 52.5 Å². The van der Waals surface area contributed by atoms with Crippen LogP contribution in [0.2, 0.25) is 5.02 Å². The van der Waals surface area contributed by atoms with Crippen molar-refractivity contribution in [2.24, 2.45) is 11.8 Å². The minimum Gasteiger partial charge on any atom is -0.494 e. The summed E-state index contributed by atoms with van der Waals surface area (Å²) in [6.45, 7) is 10.3. The molecule has 3 heterocycles. The van der Waals surface area contributed by atoms with Gasteiger partial charge in [0.1, 0.15) is 11.8 Å². The predicted molar refractivity (Wildman–Crippen MR) is 191 cm³/mol. The quantitative estimate of drug-likeness (QED) is 0.213. The molecule has 0 saturated carbocycles. The maximum absolute atomic E-state index is 15.1. The Morgan fingerprint density at radius 2 is 1.69 bits per heavy atom. The third-order valence-electron chi connectivity index (χ3n) is 9.71. The Bertz CT molecular complexity index is 1690. The molecule has 8 nitrogen and oxygen atoms in total. The van der Waals surface area contributed by atoms with Gasteiger partial charge in [0.25, 0.3) is 5.91 Å². The summed E-state index contributed by atoms with van der Waals surface area (Å²) in [5, 5.41) is 11.1. The summed E-state index contributed by atoms with van der Waals surface area (Å²) >= 11 is 8.22. The average Bonchev–Trinajstić information content (AvgIpc) is 3.75. The zero-order chi connectivity index (χ0) is 34.0. The van der Waals surface area contributed by atoms with Crippen LogP contribution in [0.15, 0.2) is 104 Å². The molecule has 6 rings (SSSR count). The number of benzene rings is 3. The van der Waals surface area contributed by atoms with Gasteiger partial charge in [-0.15, -0.1) is 24.9 Å². The molecule has 1 spiro atoms. The maximum Gasteiger partial charge on any atom is 0.251 e. The number of carbonyl (C=O) groups is 3. The molecule has 0 radical (unpaired) electrons. The Labute approximate surface area is 291 Å². The lowest BCUT2D eigenvalue weighted by atomic mass is 9.70. The van der Waals surface area contributed by atoms with Gasteiger partial charge in [0, 0.05) is 24.0 Å². The summed E-state index contributed by atoms with van der Waals surface area (Å²) in [7, 11) is 0. The molecule has 3 aliphatic rings. The number of amides is 3. The van der Waals surface area contributed by atoms with Crippen LogP contribution in [0, 0.1) is 11.8 Å². The van der Waals surface area contributed by atoms with Gasteiger partial charge in [-0.1, -0.05) is 66.2 Å². The van der Waals surface area contributed by atoms with E-state index in [1.54, 1.807) is 56.8 Å². The summed E-state index contributed by atoms with van der Waals surface area (Å²) in [5.74, 6) is -1.54. The third-order valence-corrected chi connectivity index (χ3v) is 12.0. The molecular weight excluding hydrogens is 646 g/mol. The zero-order valence-corrected chi connectivity index (χ0v) is 28.5. The number of aliphatic hydroxyl groups is 1. The fourth-order valence-electron chi connectivity index (χ4n) is 7.79. The molecule has 2 bridgehead atoms. The van der Waals surface area contributed by atoms with E-state index in [-0.39, 0.29) is 36.1 Å². The molecule has 0 aliphatic carbocycles. The molecule has 3 saturated heterocycles. The maximum atomic E-state index is 15.1. The summed E-state index contributed by atoms with van der Waals surface area (Å²) < 4.78 is 4.73. The second-order valence-electron chi connectivity index (χ2n) is 12.3. The Morgan fingerprint density at radius 1 is 1.02 bits per heavy atom. The highest BCUT2D eigenvalue weighted by atomic mass is 35.5. The first-order valence-corrected chi connectivity index (χ1v) is 17.5. The zero-order valence-electron chi connectivity index (χ0n) is 26.9. The minimum atomic E-state index is -0.963. The van der Waals surface area contributed by atoms with Gasteiger partial charge in [-0.3, -0.25) is 14.4 Å². The number of fused-ring (bicyclic) bond motifs is 1. The van der Waals surface area contributed by atoms with Crippen LogP contribution in [0.4, 0.5) is 11.4 Å². The highest BCUT2D eigenvalue weighted by Gasteiger charge is 2.75. The molecule has 3 amide bonds. The van der Waals surface area contributed by atoms with Gasteiger partial charge in [-0.05, 0) is 61.7 Å². The normalized spacial score (nSPS) is 24.6. The van der Waals surface area contributed by atoms with Crippen molar-refractivity contribution in [2.45, 2.75) is 41.8 Å². The van der Waals surface area contributed by atoms with E-state index in [0.717, 1.165) is 0 Å². The van der Waals surface area contributed by atoms with Crippen LogP contribution in [0.5, 0.6) is 5.75 Å². The molecule has 2 unspecified atom stereocenters. The molecule has 48 heavy (non-hydrogen) atoms. The molecule has 3 aromatic rings. The Kier molecular flexibility index (Phi) is 10.0. The van der Waals surface area contributed by atoms with Crippen LogP contribution < -0.4 is 14.5 Å².